The van der Waals surface area contributed by atoms with Gasteiger partial charge in [-0.25, -0.2) is 9.97 Å². The standard InChI is InChI=1S/C17H20ClN5/c18-17-14(23-10-4-2-6-16(23)21-17)11-19-8-7-13-12-22-9-3-1-5-15(22)20-13/h2,4,6,10,12,19H,1,3,5,7-9,11H2. The number of imidazole rings is 2. The first kappa shape index (κ1) is 14.7. The molecule has 4 heterocycles. The monoisotopic (exact) mass is 329 g/mol. The molecular weight excluding hydrogens is 310 g/mol. The molecule has 120 valence electrons. The van der Waals surface area contributed by atoms with Gasteiger partial charge in [0, 0.05) is 44.9 Å². The maximum absolute atomic E-state index is 6.24. The fourth-order valence-corrected chi connectivity index (χ4v) is 3.44. The molecule has 0 aromatic carbocycles. The Hall–Kier alpha value is -1.85. The van der Waals surface area contributed by atoms with Crippen LogP contribution in [0.25, 0.3) is 5.65 Å². The van der Waals surface area contributed by atoms with E-state index in [1.165, 1.54) is 24.4 Å². The van der Waals surface area contributed by atoms with Crippen molar-refractivity contribution in [3.8, 4) is 0 Å². The highest BCUT2D eigenvalue weighted by Crippen LogP contribution is 2.17. The Morgan fingerprint density at radius 3 is 3.09 bits per heavy atom. The summed E-state index contributed by atoms with van der Waals surface area (Å²) >= 11 is 6.24. The number of hydrogen-bond acceptors (Lipinski definition) is 3. The zero-order chi connectivity index (χ0) is 15.6. The minimum Gasteiger partial charge on any atom is -0.335 e. The molecule has 0 spiro atoms. The highest BCUT2D eigenvalue weighted by molar-refractivity contribution is 6.30. The highest BCUT2D eigenvalue weighted by atomic mass is 35.5. The van der Waals surface area contributed by atoms with Crippen LogP contribution in [-0.2, 0) is 25.9 Å². The molecule has 0 amide bonds. The molecule has 4 rings (SSSR count). The lowest BCUT2D eigenvalue weighted by atomic mass is 10.2. The number of fused-ring (bicyclic) bond motifs is 2. The molecule has 0 unspecified atom stereocenters. The maximum atomic E-state index is 6.24. The van der Waals surface area contributed by atoms with E-state index in [9.17, 15) is 0 Å². The van der Waals surface area contributed by atoms with Crippen molar-refractivity contribution in [1.29, 1.82) is 0 Å². The molecule has 6 heteroatoms. The summed E-state index contributed by atoms with van der Waals surface area (Å²) in [5.74, 6) is 1.25. The molecule has 1 aliphatic heterocycles. The summed E-state index contributed by atoms with van der Waals surface area (Å²) in [5.41, 5.74) is 3.07. The Labute approximate surface area is 140 Å². The first-order valence-corrected chi connectivity index (χ1v) is 8.56. The Balaban J connectivity index is 1.36. The van der Waals surface area contributed by atoms with Gasteiger partial charge >= 0.3 is 0 Å². The fraction of sp³-hybridized carbons (Fsp3) is 0.412. The number of aromatic nitrogens is 4. The van der Waals surface area contributed by atoms with Gasteiger partial charge in [-0.05, 0) is 25.0 Å². The number of halogens is 1. The van der Waals surface area contributed by atoms with E-state index in [1.807, 2.05) is 28.8 Å². The Morgan fingerprint density at radius 1 is 1.22 bits per heavy atom. The third kappa shape index (κ3) is 2.99. The smallest absolute Gasteiger partial charge is 0.152 e. The summed E-state index contributed by atoms with van der Waals surface area (Å²) in [6, 6.07) is 5.92. The molecule has 3 aromatic heterocycles. The molecule has 1 N–H and O–H groups in total. The number of pyridine rings is 1. The van der Waals surface area contributed by atoms with Crippen LogP contribution in [0.15, 0.2) is 30.6 Å². The van der Waals surface area contributed by atoms with Gasteiger partial charge in [0.15, 0.2) is 5.15 Å². The molecule has 0 bridgehead atoms. The van der Waals surface area contributed by atoms with Crippen molar-refractivity contribution < 1.29 is 0 Å². The molecule has 23 heavy (non-hydrogen) atoms. The van der Waals surface area contributed by atoms with Crippen LogP contribution in [0.2, 0.25) is 5.15 Å². The number of hydrogen-bond donors (Lipinski definition) is 1. The van der Waals surface area contributed by atoms with Gasteiger partial charge in [0.2, 0.25) is 0 Å². The fourth-order valence-electron chi connectivity index (χ4n) is 3.19. The SMILES string of the molecule is Clc1nc2ccccn2c1CNCCc1cn2c(n1)CCCC2. The van der Waals surface area contributed by atoms with Gasteiger partial charge in [0.1, 0.15) is 11.5 Å². The Kier molecular flexibility index (Phi) is 4.06. The van der Waals surface area contributed by atoms with Crippen molar-refractivity contribution >= 4 is 17.2 Å². The lowest BCUT2D eigenvalue weighted by molar-refractivity contribution is 0.522. The maximum Gasteiger partial charge on any atom is 0.152 e. The predicted octanol–water partition coefficient (Wildman–Crippen LogP) is 2.85. The van der Waals surface area contributed by atoms with E-state index >= 15 is 0 Å². The molecule has 0 saturated carbocycles. The first-order valence-electron chi connectivity index (χ1n) is 8.18. The third-order valence-corrected chi connectivity index (χ3v) is 4.69. The van der Waals surface area contributed by atoms with Gasteiger partial charge in [-0.1, -0.05) is 17.7 Å². The van der Waals surface area contributed by atoms with E-state index in [1.54, 1.807) is 0 Å². The number of nitrogens with zero attached hydrogens (tertiary/aromatic N) is 4. The minimum atomic E-state index is 0.571. The van der Waals surface area contributed by atoms with Crippen molar-refractivity contribution in [3.63, 3.8) is 0 Å². The van der Waals surface area contributed by atoms with Crippen LogP contribution in [0.5, 0.6) is 0 Å². The van der Waals surface area contributed by atoms with Crippen LogP contribution in [0.3, 0.4) is 0 Å². The summed E-state index contributed by atoms with van der Waals surface area (Å²) in [7, 11) is 0. The predicted molar refractivity (Wildman–Crippen MR) is 90.8 cm³/mol. The third-order valence-electron chi connectivity index (χ3n) is 4.39. The van der Waals surface area contributed by atoms with E-state index in [0.29, 0.717) is 11.7 Å². The van der Waals surface area contributed by atoms with E-state index in [4.69, 9.17) is 16.6 Å². The van der Waals surface area contributed by atoms with Crippen LogP contribution < -0.4 is 5.32 Å². The van der Waals surface area contributed by atoms with E-state index in [2.05, 4.69) is 21.1 Å². The summed E-state index contributed by atoms with van der Waals surface area (Å²) in [6.07, 6.45) is 8.79. The van der Waals surface area contributed by atoms with Crippen LogP contribution in [0.4, 0.5) is 0 Å². The van der Waals surface area contributed by atoms with Crippen molar-refractivity contribution in [2.45, 2.75) is 38.8 Å². The number of aryl methyl sites for hydroxylation is 2. The summed E-state index contributed by atoms with van der Waals surface area (Å²) in [5, 5.41) is 4.03. The van der Waals surface area contributed by atoms with Crippen molar-refractivity contribution in [1.82, 2.24) is 24.3 Å². The molecule has 0 aliphatic carbocycles. The minimum absolute atomic E-state index is 0.571. The van der Waals surface area contributed by atoms with E-state index in [-0.39, 0.29) is 0 Å². The second-order valence-corrected chi connectivity index (χ2v) is 6.36. The molecule has 0 atom stereocenters. The highest BCUT2D eigenvalue weighted by Gasteiger charge is 2.12. The van der Waals surface area contributed by atoms with Crippen LogP contribution >= 0.6 is 11.6 Å². The van der Waals surface area contributed by atoms with Crippen LogP contribution in [0, 0.1) is 0 Å². The van der Waals surface area contributed by atoms with Gasteiger partial charge in [0.05, 0.1) is 11.4 Å². The lowest BCUT2D eigenvalue weighted by Gasteiger charge is -2.11. The lowest BCUT2D eigenvalue weighted by Crippen LogP contribution is -2.18. The van der Waals surface area contributed by atoms with Crippen molar-refractivity contribution in [3.05, 3.63) is 53.0 Å². The second-order valence-electron chi connectivity index (χ2n) is 6.00. The zero-order valence-electron chi connectivity index (χ0n) is 13.0. The largest absolute Gasteiger partial charge is 0.335 e. The zero-order valence-corrected chi connectivity index (χ0v) is 13.8. The average molecular weight is 330 g/mol. The van der Waals surface area contributed by atoms with Gasteiger partial charge < -0.3 is 14.3 Å². The first-order chi connectivity index (χ1) is 11.3. The number of nitrogens with one attached hydrogen (secondary N) is 1. The van der Waals surface area contributed by atoms with Crippen molar-refractivity contribution in [2.24, 2.45) is 0 Å². The molecule has 0 saturated heterocycles. The Bertz CT molecular complexity index is 796. The van der Waals surface area contributed by atoms with Gasteiger partial charge in [0.25, 0.3) is 0 Å². The van der Waals surface area contributed by atoms with Crippen LogP contribution in [-0.4, -0.2) is 25.5 Å². The summed E-state index contributed by atoms with van der Waals surface area (Å²) in [4.78, 5) is 9.10. The van der Waals surface area contributed by atoms with E-state index < -0.39 is 0 Å². The number of rotatable bonds is 5. The summed E-state index contributed by atoms with van der Waals surface area (Å²) < 4.78 is 4.34. The second kappa shape index (κ2) is 6.34. The molecule has 5 nitrogen and oxygen atoms in total. The van der Waals surface area contributed by atoms with Gasteiger partial charge in [-0.2, -0.15) is 0 Å². The van der Waals surface area contributed by atoms with Gasteiger partial charge in [-0.3, -0.25) is 0 Å². The summed E-state index contributed by atoms with van der Waals surface area (Å²) in [6.45, 7) is 2.71. The molecular formula is C17H20ClN5. The van der Waals surface area contributed by atoms with Gasteiger partial charge in [-0.15, -0.1) is 0 Å². The van der Waals surface area contributed by atoms with Crippen LogP contribution in [0.1, 0.15) is 30.1 Å². The topological polar surface area (TPSA) is 47.1 Å². The quantitative estimate of drug-likeness (QED) is 0.732. The average Bonchev–Trinajstić information content (AvgIpc) is 3.11. The normalized spacial score (nSPS) is 14.3. The Morgan fingerprint density at radius 2 is 2.17 bits per heavy atom. The molecule has 3 aromatic rings. The molecule has 0 fully saturated rings. The molecule has 0 radical (unpaired) electrons. The molecule has 1 aliphatic rings. The van der Waals surface area contributed by atoms with E-state index in [0.717, 1.165) is 37.3 Å². The van der Waals surface area contributed by atoms with Crippen molar-refractivity contribution in [2.75, 3.05) is 6.54 Å².